The van der Waals surface area contributed by atoms with Crippen LogP contribution in [-0.2, 0) is 14.8 Å². The van der Waals surface area contributed by atoms with Crippen molar-refractivity contribution >= 4 is 15.9 Å². The van der Waals surface area contributed by atoms with E-state index >= 15 is 0 Å². The number of benzene rings is 1. The van der Waals surface area contributed by atoms with Crippen LogP contribution in [0.5, 0.6) is 5.88 Å². The van der Waals surface area contributed by atoms with Crippen molar-refractivity contribution < 1.29 is 27.8 Å². The van der Waals surface area contributed by atoms with E-state index in [9.17, 15) is 18.3 Å². The Hall–Kier alpha value is -2.97. The van der Waals surface area contributed by atoms with Crippen molar-refractivity contribution in [1.82, 2.24) is 14.2 Å². The van der Waals surface area contributed by atoms with Gasteiger partial charge in [-0.2, -0.15) is 4.31 Å². The van der Waals surface area contributed by atoms with Crippen LogP contribution in [0.4, 0.5) is 0 Å². The summed E-state index contributed by atoms with van der Waals surface area (Å²) in [7, 11) is -0.706. The SMILES string of the molecule is COCC#Cc1cnc2c(c1)C(=O)N([C@@H](C)CO)C[C@@H](C)[C@H](CN(C)S(=O)(=O)c1ccccc1)O2. The zero-order valence-electron chi connectivity index (χ0n) is 20.3. The number of nitrogens with zero attached hydrogens (tertiary/aromatic N) is 3. The zero-order valence-corrected chi connectivity index (χ0v) is 21.2. The molecule has 0 unspecified atom stereocenters. The van der Waals surface area contributed by atoms with Crippen LogP contribution >= 0.6 is 0 Å². The molecule has 3 atom stereocenters. The van der Waals surface area contributed by atoms with Gasteiger partial charge in [0, 0.05) is 38.4 Å². The number of hydrogen-bond acceptors (Lipinski definition) is 7. The molecular formula is C25H31N3O6S. The first kappa shape index (κ1) is 26.6. The van der Waals surface area contributed by atoms with Crippen molar-refractivity contribution in [3.63, 3.8) is 0 Å². The molecule has 10 heteroatoms. The standard InChI is InChI=1S/C25H31N3O6S/c1-18-15-28(19(2)17-29)25(30)22-13-20(9-8-12-33-4)14-26-24(22)34-23(18)16-27(3)35(31,32)21-10-6-5-7-11-21/h5-7,10-11,13-14,18-19,23,29H,12,15-17H2,1-4H3/t18-,19+,23+/m1/s1. The van der Waals surface area contributed by atoms with Gasteiger partial charge in [-0.25, -0.2) is 13.4 Å². The minimum absolute atomic E-state index is 0.0461. The number of aliphatic hydroxyl groups excluding tert-OH is 1. The maximum atomic E-state index is 13.4. The highest BCUT2D eigenvalue weighted by atomic mass is 32.2. The van der Waals surface area contributed by atoms with E-state index in [1.54, 1.807) is 48.2 Å². The molecule has 9 nitrogen and oxygen atoms in total. The number of fused-ring (bicyclic) bond motifs is 1. The molecule has 0 bridgehead atoms. The minimum atomic E-state index is -3.74. The van der Waals surface area contributed by atoms with Crippen LogP contribution in [0.1, 0.15) is 29.8 Å². The third-order valence-corrected chi connectivity index (χ3v) is 7.70. The largest absolute Gasteiger partial charge is 0.472 e. The smallest absolute Gasteiger partial charge is 0.259 e. The molecule has 1 aliphatic rings. The number of amides is 1. The Bertz CT molecular complexity index is 1190. The number of sulfonamides is 1. The first-order valence-corrected chi connectivity index (χ1v) is 12.7. The van der Waals surface area contributed by atoms with E-state index in [2.05, 4.69) is 16.8 Å². The molecule has 0 saturated heterocycles. The van der Waals surface area contributed by atoms with Crippen LogP contribution in [0, 0.1) is 17.8 Å². The van der Waals surface area contributed by atoms with Crippen molar-refractivity contribution in [3.05, 3.63) is 53.7 Å². The molecule has 1 aliphatic heterocycles. The third-order valence-electron chi connectivity index (χ3n) is 5.86. The van der Waals surface area contributed by atoms with Gasteiger partial charge in [-0.15, -0.1) is 0 Å². The van der Waals surface area contributed by atoms with Crippen LogP contribution in [0.3, 0.4) is 0 Å². The number of carbonyl (C=O) groups excluding carboxylic acids is 1. The van der Waals surface area contributed by atoms with Gasteiger partial charge in [0.05, 0.1) is 24.1 Å². The van der Waals surface area contributed by atoms with Crippen molar-refractivity contribution in [2.45, 2.75) is 30.9 Å². The Labute approximate surface area is 206 Å². The highest BCUT2D eigenvalue weighted by Gasteiger charge is 2.35. The van der Waals surface area contributed by atoms with Crippen molar-refractivity contribution in [2.75, 3.05) is 40.5 Å². The lowest BCUT2D eigenvalue weighted by atomic mass is 10.0. The normalized spacial score (nSPS) is 19.1. The first-order chi connectivity index (χ1) is 16.7. The lowest BCUT2D eigenvalue weighted by Gasteiger charge is -2.37. The van der Waals surface area contributed by atoms with E-state index in [1.165, 1.54) is 24.7 Å². The average Bonchev–Trinajstić information content (AvgIpc) is 2.86. The number of pyridine rings is 1. The fraction of sp³-hybridized carbons (Fsp3) is 0.440. The van der Waals surface area contributed by atoms with Crippen molar-refractivity contribution in [1.29, 1.82) is 0 Å². The van der Waals surface area contributed by atoms with E-state index in [-0.39, 0.29) is 54.5 Å². The first-order valence-electron chi connectivity index (χ1n) is 11.3. The number of carbonyl (C=O) groups is 1. The van der Waals surface area contributed by atoms with Gasteiger partial charge >= 0.3 is 0 Å². The second-order valence-electron chi connectivity index (χ2n) is 8.53. The predicted molar refractivity (Wildman–Crippen MR) is 130 cm³/mol. The monoisotopic (exact) mass is 501 g/mol. The Morgan fingerprint density at radius 1 is 1.34 bits per heavy atom. The molecule has 1 aromatic heterocycles. The number of ether oxygens (including phenoxy) is 2. The summed E-state index contributed by atoms with van der Waals surface area (Å²) in [6, 6.07) is 9.32. The molecule has 1 aromatic carbocycles. The summed E-state index contributed by atoms with van der Waals surface area (Å²) < 4.78 is 38.5. The van der Waals surface area contributed by atoms with Gasteiger partial charge in [-0.05, 0) is 25.1 Å². The Morgan fingerprint density at radius 2 is 2.06 bits per heavy atom. The Balaban J connectivity index is 1.97. The predicted octanol–water partition coefficient (Wildman–Crippen LogP) is 1.62. The molecule has 35 heavy (non-hydrogen) atoms. The van der Waals surface area contributed by atoms with Gasteiger partial charge in [0.2, 0.25) is 15.9 Å². The van der Waals surface area contributed by atoms with Crippen molar-refractivity contribution in [2.24, 2.45) is 5.92 Å². The molecule has 2 heterocycles. The van der Waals surface area contributed by atoms with Gasteiger partial charge in [0.15, 0.2) is 0 Å². The lowest BCUT2D eigenvalue weighted by molar-refractivity contribution is 0.0373. The molecule has 188 valence electrons. The number of aliphatic hydroxyl groups is 1. The topological polar surface area (TPSA) is 109 Å². The second-order valence-corrected chi connectivity index (χ2v) is 10.6. The number of likely N-dealkylation sites (N-methyl/N-ethyl adjacent to an activating group) is 1. The molecule has 1 N–H and O–H groups in total. The van der Waals surface area contributed by atoms with Crippen LogP contribution in [0.15, 0.2) is 47.5 Å². The maximum absolute atomic E-state index is 13.4. The highest BCUT2D eigenvalue weighted by molar-refractivity contribution is 7.89. The maximum Gasteiger partial charge on any atom is 0.259 e. The summed E-state index contributed by atoms with van der Waals surface area (Å²) in [4.78, 5) is 19.5. The van der Waals surface area contributed by atoms with Crippen LogP contribution in [0.25, 0.3) is 0 Å². The summed E-state index contributed by atoms with van der Waals surface area (Å²) in [5.74, 6) is 5.24. The second kappa shape index (κ2) is 11.6. The fourth-order valence-electron chi connectivity index (χ4n) is 3.72. The van der Waals surface area contributed by atoms with Crippen LogP contribution < -0.4 is 4.74 Å². The Morgan fingerprint density at radius 3 is 2.71 bits per heavy atom. The van der Waals surface area contributed by atoms with Gasteiger partial charge in [0.1, 0.15) is 18.3 Å². The molecule has 1 amide bonds. The average molecular weight is 502 g/mol. The summed E-state index contributed by atoms with van der Waals surface area (Å²) in [5, 5.41) is 9.78. The molecule has 0 fully saturated rings. The van der Waals surface area contributed by atoms with Gasteiger partial charge in [-0.1, -0.05) is 37.0 Å². The number of hydrogen-bond donors (Lipinski definition) is 1. The molecular weight excluding hydrogens is 470 g/mol. The number of rotatable bonds is 7. The Kier molecular flexibility index (Phi) is 8.86. The molecule has 0 aliphatic carbocycles. The highest BCUT2D eigenvalue weighted by Crippen LogP contribution is 2.28. The van der Waals surface area contributed by atoms with Gasteiger partial charge in [0.25, 0.3) is 5.91 Å². The molecule has 3 rings (SSSR count). The van der Waals surface area contributed by atoms with E-state index in [4.69, 9.17) is 9.47 Å². The fourth-order valence-corrected chi connectivity index (χ4v) is 4.93. The summed E-state index contributed by atoms with van der Waals surface area (Å²) in [6.07, 6.45) is 0.902. The number of methoxy groups -OCH3 is 1. The third kappa shape index (κ3) is 6.18. The molecule has 0 radical (unpaired) electrons. The number of aromatic nitrogens is 1. The molecule has 2 aromatic rings. The van der Waals surface area contributed by atoms with E-state index in [0.29, 0.717) is 5.56 Å². The van der Waals surface area contributed by atoms with E-state index in [1.807, 2.05) is 6.92 Å². The van der Waals surface area contributed by atoms with Gasteiger partial charge < -0.3 is 19.5 Å². The van der Waals surface area contributed by atoms with Crippen molar-refractivity contribution in [3.8, 4) is 17.7 Å². The summed E-state index contributed by atoms with van der Waals surface area (Å²) in [5.41, 5.74) is 0.725. The van der Waals surface area contributed by atoms with Crippen LogP contribution in [-0.4, -0.2) is 86.2 Å². The quantitative estimate of drug-likeness (QED) is 0.574. The van der Waals surface area contributed by atoms with Gasteiger partial charge in [-0.3, -0.25) is 4.79 Å². The van der Waals surface area contributed by atoms with E-state index < -0.39 is 22.2 Å². The summed E-state index contributed by atoms with van der Waals surface area (Å²) >= 11 is 0. The molecule has 0 spiro atoms. The zero-order chi connectivity index (χ0) is 25.6. The molecule has 0 saturated carbocycles. The van der Waals surface area contributed by atoms with Crippen LogP contribution in [0.2, 0.25) is 0 Å². The van der Waals surface area contributed by atoms with E-state index in [0.717, 1.165) is 0 Å². The minimum Gasteiger partial charge on any atom is -0.472 e. The summed E-state index contributed by atoms with van der Waals surface area (Å²) in [6.45, 7) is 3.96. The lowest BCUT2D eigenvalue weighted by Crippen LogP contribution is -2.50.